The van der Waals surface area contributed by atoms with Crippen LogP contribution in [-0.2, 0) is 0 Å². The zero-order valence-electron chi connectivity index (χ0n) is 11.6. The summed E-state index contributed by atoms with van der Waals surface area (Å²) < 4.78 is 15.0. The van der Waals surface area contributed by atoms with E-state index in [1.807, 2.05) is 4.68 Å². The van der Waals surface area contributed by atoms with E-state index >= 15 is 0 Å². The van der Waals surface area contributed by atoms with Crippen molar-refractivity contribution in [1.29, 1.82) is 0 Å². The first-order chi connectivity index (χ1) is 10.2. The number of benzene rings is 1. The maximum atomic E-state index is 13.2. The van der Waals surface area contributed by atoms with Crippen LogP contribution in [0, 0.1) is 5.82 Å². The Hall–Kier alpha value is -1.68. The molecule has 110 valence electrons. The van der Waals surface area contributed by atoms with Gasteiger partial charge in [-0.1, -0.05) is 30.9 Å². The average Bonchev–Trinajstić information content (AvgIpc) is 2.92. The minimum Gasteiger partial charge on any atom is -0.298 e. The van der Waals surface area contributed by atoms with Gasteiger partial charge in [0.15, 0.2) is 6.29 Å². The van der Waals surface area contributed by atoms with Crippen molar-refractivity contribution in [2.45, 2.75) is 38.1 Å². The summed E-state index contributed by atoms with van der Waals surface area (Å²) in [6.45, 7) is 0. The van der Waals surface area contributed by atoms with Crippen molar-refractivity contribution in [3.8, 4) is 11.3 Å². The van der Waals surface area contributed by atoms with Gasteiger partial charge in [0.1, 0.15) is 11.5 Å². The molecule has 1 saturated carbocycles. The maximum Gasteiger partial charge on any atom is 0.153 e. The number of carbonyl (C=O) groups is 1. The van der Waals surface area contributed by atoms with Gasteiger partial charge in [0, 0.05) is 11.8 Å². The van der Waals surface area contributed by atoms with Crippen LogP contribution in [0.25, 0.3) is 11.3 Å². The van der Waals surface area contributed by atoms with Crippen molar-refractivity contribution in [3.05, 3.63) is 40.8 Å². The summed E-state index contributed by atoms with van der Waals surface area (Å²) in [4.78, 5) is 11.3. The highest BCUT2D eigenvalue weighted by molar-refractivity contribution is 6.33. The number of aromatic nitrogens is 2. The van der Waals surface area contributed by atoms with Crippen LogP contribution in [0.4, 0.5) is 4.39 Å². The third-order valence-electron chi connectivity index (χ3n) is 4.02. The van der Waals surface area contributed by atoms with Crippen molar-refractivity contribution >= 4 is 17.9 Å². The number of rotatable bonds is 3. The summed E-state index contributed by atoms with van der Waals surface area (Å²) >= 11 is 6.08. The normalized spacial score (nSPS) is 16.1. The van der Waals surface area contributed by atoms with Crippen molar-refractivity contribution in [1.82, 2.24) is 9.78 Å². The molecular formula is C16H16ClFN2O. The van der Waals surface area contributed by atoms with E-state index in [1.165, 1.54) is 31.4 Å². The zero-order valence-corrected chi connectivity index (χ0v) is 12.3. The summed E-state index contributed by atoms with van der Waals surface area (Å²) in [5.74, 6) is -0.400. The summed E-state index contributed by atoms with van der Waals surface area (Å²) in [5, 5.41) is 4.81. The van der Waals surface area contributed by atoms with Crippen molar-refractivity contribution in [2.75, 3.05) is 0 Å². The third-order valence-corrected chi connectivity index (χ3v) is 4.34. The molecule has 3 rings (SSSR count). The highest BCUT2D eigenvalue weighted by Gasteiger charge is 2.20. The van der Waals surface area contributed by atoms with Crippen LogP contribution in [0.2, 0.25) is 5.02 Å². The SMILES string of the molecule is O=Cc1cn(C2CCCCC2)nc1-c1ccc(F)cc1Cl. The molecular weight excluding hydrogens is 291 g/mol. The Morgan fingerprint density at radius 3 is 2.71 bits per heavy atom. The monoisotopic (exact) mass is 306 g/mol. The molecule has 0 bridgehead atoms. The molecule has 1 aromatic carbocycles. The van der Waals surface area contributed by atoms with Crippen LogP contribution in [0.15, 0.2) is 24.4 Å². The summed E-state index contributed by atoms with van der Waals surface area (Å²) in [7, 11) is 0. The Bertz CT molecular complexity index is 662. The third kappa shape index (κ3) is 2.86. The van der Waals surface area contributed by atoms with E-state index in [0.717, 1.165) is 19.1 Å². The second-order valence-electron chi connectivity index (χ2n) is 5.45. The Labute approximate surface area is 127 Å². The highest BCUT2D eigenvalue weighted by atomic mass is 35.5. The minimum atomic E-state index is -0.400. The molecule has 0 spiro atoms. The van der Waals surface area contributed by atoms with E-state index in [4.69, 9.17) is 11.6 Å². The van der Waals surface area contributed by atoms with Gasteiger partial charge in [0.2, 0.25) is 0 Å². The lowest BCUT2D eigenvalue weighted by Crippen LogP contribution is -2.13. The molecule has 0 radical (unpaired) electrons. The van der Waals surface area contributed by atoms with Crippen molar-refractivity contribution in [2.24, 2.45) is 0 Å². The molecule has 1 fully saturated rings. The molecule has 0 unspecified atom stereocenters. The predicted octanol–water partition coefficient (Wildman–Crippen LogP) is 4.66. The van der Waals surface area contributed by atoms with Crippen LogP contribution in [-0.4, -0.2) is 16.1 Å². The van der Waals surface area contributed by atoms with Gasteiger partial charge in [-0.15, -0.1) is 0 Å². The van der Waals surface area contributed by atoms with Crippen LogP contribution >= 0.6 is 11.6 Å². The molecule has 1 aliphatic carbocycles. The van der Waals surface area contributed by atoms with E-state index in [1.54, 1.807) is 12.3 Å². The molecule has 1 aliphatic rings. The van der Waals surface area contributed by atoms with E-state index in [0.29, 0.717) is 22.9 Å². The molecule has 0 aliphatic heterocycles. The number of carbonyl (C=O) groups excluding carboxylic acids is 1. The van der Waals surface area contributed by atoms with Crippen molar-refractivity contribution < 1.29 is 9.18 Å². The largest absolute Gasteiger partial charge is 0.298 e. The van der Waals surface area contributed by atoms with Crippen LogP contribution in [0.1, 0.15) is 48.5 Å². The molecule has 3 nitrogen and oxygen atoms in total. The Balaban J connectivity index is 2.01. The van der Waals surface area contributed by atoms with Crippen LogP contribution < -0.4 is 0 Å². The quantitative estimate of drug-likeness (QED) is 0.773. The van der Waals surface area contributed by atoms with Gasteiger partial charge in [0.25, 0.3) is 0 Å². The predicted molar refractivity (Wildman–Crippen MR) is 80.1 cm³/mol. The molecule has 2 aromatic rings. The van der Waals surface area contributed by atoms with Gasteiger partial charge in [-0.05, 0) is 31.0 Å². The first-order valence-corrected chi connectivity index (χ1v) is 7.56. The molecule has 1 heterocycles. The molecule has 5 heteroatoms. The number of nitrogens with zero attached hydrogens (tertiary/aromatic N) is 2. The van der Waals surface area contributed by atoms with E-state index < -0.39 is 5.82 Å². The lowest BCUT2D eigenvalue weighted by atomic mass is 9.96. The molecule has 1 aromatic heterocycles. The topological polar surface area (TPSA) is 34.9 Å². The van der Waals surface area contributed by atoms with Gasteiger partial charge in [0.05, 0.1) is 16.6 Å². The lowest BCUT2D eigenvalue weighted by Gasteiger charge is -2.21. The van der Waals surface area contributed by atoms with Gasteiger partial charge < -0.3 is 0 Å². The fraction of sp³-hybridized carbons (Fsp3) is 0.375. The molecule has 21 heavy (non-hydrogen) atoms. The number of halogens is 2. The maximum absolute atomic E-state index is 13.2. The van der Waals surface area contributed by atoms with Gasteiger partial charge in [-0.2, -0.15) is 5.10 Å². The van der Waals surface area contributed by atoms with E-state index in [-0.39, 0.29) is 5.02 Å². The van der Waals surface area contributed by atoms with E-state index in [2.05, 4.69) is 5.10 Å². The summed E-state index contributed by atoms with van der Waals surface area (Å²) in [6, 6.07) is 4.48. The lowest BCUT2D eigenvalue weighted by molar-refractivity contribution is 0.112. The highest BCUT2D eigenvalue weighted by Crippen LogP contribution is 2.33. The number of hydrogen-bond donors (Lipinski definition) is 0. The van der Waals surface area contributed by atoms with Crippen molar-refractivity contribution in [3.63, 3.8) is 0 Å². The molecule has 0 atom stereocenters. The van der Waals surface area contributed by atoms with E-state index in [9.17, 15) is 9.18 Å². The second-order valence-corrected chi connectivity index (χ2v) is 5.85. The second kappa shape index (κ2) is 5.98. The standard InChI is InChI=1S/C16H16ClFN2O/c17-15-8-12(18)6-7-14(15)16-11(10-21)9-20(19-16)13-4-2-1-3-5-13/h6-10,13H,1-5H2. The van der Waals surface area contributed by atoms with Gasteiger partial charge in [-0.3, -0.25) is 9.48 Å². The molecule has 0 saturated heterocycles. The molecule has 0 amide bonds. The average molecular weight is 307 g/mol. The number of aldehydes is 1. The zero-order chi connectivity index (χ0) is 14.8. The number of hydrogen-bond acceptors (Lipinski definition) is 2. The Kier molecular flexibility index (Phi) is 4.06. The van der Waals surface area contributed by atoms with Crippen LogP contribution in [0.5, 0.6) is 0 Å². The van der Waals surface area contributed by atoms with Gasteiger partial charge in [-0.25, -0.2) is 4.39 Å². The summed E-state index contributed by atoms with van der Waals surface area (Å²) in [5.41, 5.74) is 1.62. The first-order valence-electron chi connectivity index (χ1n) is 7.19. The first kappa shape index (κ1) is 14.3. The summed E-state index contributed by atoms with van der Waals surface area (Å²) in [6.07, 6.45) is 8.35. The fourth-order valence-electron chi connectivity index (χ4n) is 2.92. The van der Waals surface area contributed by atoms with Crippen LogP contribution in [0.3, 0.4) is 0 Å². The fourth-order valence-corrected chi connectivity index (χ4v) is 3.17. The minimum absolute atomic E-state index is 0.270. The van der Waals surface area contributed by atoms with Gasteiger partial charge >= 0.3 is 0 Å². The Morgan fingerprint density at radius 2 is 2.05 bits per heavy atom. The Morgan fingerprint density at radius 1 is 1.29 bits per heavy atom. The smallest absolute Gasteiger partial charge is 0.153 e. The molecule has 0 N–H and O–H groups in total.